The summed E-state index contributed by atoms with van der Waals surface area (Å²) in [4.78, 5) is 7.88. The Morgan fingerprint density at radius 1 is 0.727 bits per heavy atom. The molecular formula is C14H17ClN6O. The van der Waals surface area contributed by atoms with Gasteiger partial charge in [0.1, 0.15) is 11.5 Å². The molecule has 8 N–H and O–H groups in total. The molecule has 7 nitrogen and oxygen atoms in total. The smallest absolute Gasteiger partial charge is 0.191 e. The molecule has 0 unspecified atom stereocenters. The first-order valence-electron chi connectivity index (χ1n) is 6.10. The lowest BCUT2D eigenvalue weighted by molar-refractivity contribution is 0.483. The van der Waals surface area contributed by atoms with Gasteiger partial charge in [-0.25, -0.2) is 9.98 Å². The highest BCUT2D eigenvalue weighted by Crippen LogP contribution is 2.26. The Morgan fingerprint density at radius 2 is 1.32 bits per heavy atom. The van der Waals surface area contributed by atoms with Gasteiger partial charge in [-0.3, -0.25) is 0 Å². The first kappa shape index (κ1) is 17.1. The maximum absolute atomic E-state index is 5.70. The molecule has 0 saturated carbocycles. The van der Waals surface area contributed by atoms with Crippen molar-refractivity contribution in [3.05, 3.63) is 48.5 Å². The van der Waals surface area contributed by atoms with Gasteiger partial charge in [0.05, 0.1) is 11.4 Å². The summed E-state index contributed by atoms with van der Waals surface area (Å²) >= 11 is 0. The first-order valence-corrected chi connectivity index (χ1v) is 6.10. The SMILES string of the molecule is Cl.NC(N)=Nc1ccc(Oc2cccc(N=C(N)N)c2)cc1. The highest BCUT2D eigenvalue weighted by atomic mass is 35.5. The Bertz CT molecular complexity index is 676. The van der Waals surface area contributed by atoms with Gasteiger partial charge in [-0.05, 0) is 36.4 Å². The summed E-state index contributed by atoms with van der Waals surface area (Å²) in [7, 11) is 0. The van der Waals surface area contributed by atoms with Gasteiger partial charge in [0.15, 0.2) is 11.9 Å². The molecule has 0 aromatic heterocycles. The highest BCUT2D eigenvalue weighted by Gasteiger charge is 1.99. The summed E-state index contributed by atoms with van der Waals surface area (Å²) in [6, 6.07) is 14.1. The molecule has 0 amide bonds. The van der Waals surface area contributed by atoms with Crippen LogP contribution in [0.4, 0.5) is 11.4 Å². The fourth-order valence-electron chi connectivity index (χ4n) is 1.64. The summed E-state index contributed by atoms with van der Waals surface area (Å²) in [6.07, 6.45) is 0. The number of nitrogens with two attached hydrogens (primary N) is 4. The third-order valence-electron chi connectivity index (χ3n) is 2.41. The number of aliphatic imine (C=N–C) groups is 2. The molecule has 2 aromatic rings. The van der Waals surface area contributed by atoms with Gasteiger partial charge in [0.25, 0.3) is 0 Å². The molecule has 0 saturated heterocycles. The topological polar surface area (TPSA) is 138 Å². The Labute approximate surface area is 134 Å². The number of guanidine groups is 2. The predicted octanol–water partition coefficient (Wildman–Crippen LogP) is 1.71. The number of hydrogen-bond acceptors (Lipinski definition) is 3. The fraction of sp³-hybridized carbons (Fsp3) is 0. The Kier molecular flexibility index (Phi) is 6.03. The third kappa shape index (κ3) is 5.22. The predicted molar refractivity (Wildman–Crippen MR) is 91.1 cm³/mol. The average molecular weight is 321 g/mol. The van der Waals surface area contributed by atoms with Crippen molar-refractivity contribution in [3.63, 3.8) is 0 Å². The van der Waals surface area contributed by atoms with E-state index in [1.54, 1.807) is 48.5 Å². The Balaban J connectivity index is 0.00000242. The fourth-order valence-corrected chi connectivity index (χ4v) is 1.64. The minimum absolute atomic E-state index is 0. The zero-order chi connectivity index (χ0) is 15.2. The molecule has 0 bridgehead atoms. The van der Waals surface area contributed by atoms with E-state index in [-0.39, 0.29) is 24.3 Å². The van der Waals surface area contributed by atoms with Crippen LogP contribution in [0.1, 0.15) is 0 Å². The summed E-state index contributed by atoms with van der Waals surface area (Å²) < 4.78 is 5.70. The number of benzene rings is 2. The van der Waals surface area contributed by atoms with Crippen LogP contribution in [0.2, 0.25) is 0 Å². The minimum atomic E-state index is -0.00580. The maximum Gasteiger partial charge on any atom is 0.191 e. The normalized spacial score (nSPS) is 9.27. The van der Waals surface area contributed by atoms with E-state index in [2.05, 4.69) is 9.98 Å². The molecule has 0 atom stereocenters. The molecule has 2 aromatic carbocycles. The summed E-state index contributed by atoms with van der Waals surface area (Å²) in [5.74, 6) is 1.26. The number of halogens is 1. The van der Waals surface area contributed by atoms with Crippen molar-refractivity contribution in [2.24, 2.45) is 32.9 Å². The van der Waals surface area contributed by atoms with Crippen molar-refractivity contribution in [1.82, 2.24) is 0 Å². The molecule has 0 aliphatic rings. The molecule has 22 heavy (non-hydrogen) atoms. The van der Waals surface area contributed by atoms with Crippen molar-refractivity contribution in [1.29, 1.82) is 0 Å². The molecule has 0 aliphatic carbocycles. The first-order chi connectivity index (χ1) is 10.0. The van der Waals surface area contributed by atoms with Crippen molar-refractivity contribution in [2.45, 2.75) is 0 Å². The largest absolute Gasteiger partial charge is 0.457 e. The van der Waals surface area contributed by atoms with E-state index >= 15 is 0 Å². The van der Waals surface area contributed by atoms with Crippen LogP contribution in [-0.4, -0.2) is 11.9 Å². The van der Waals surface area contributed by atoms with E-state index < -0.39 is 0 Å². The molecule has 0 heterocycles. The summed E-state index contributed by atoms with van der Waals surface area (Å²) in [5.41, 5.74) is 22.6. The molecule has 8 heteroatoms. The van der Waals surface area contributed by atoms with E-state index in [1.165, 1.54) is 0 Å². The van der Waals surface area contributed by atoms with E-state index in [1.807, 2.05) is 0 Å². The monoisotopic (exact) mass is 320 g/mol. The van der Waals surface area contributed by atoms with E-state index in [0.29, 0.717) is 22.9 Å². The third-order valence-corrected chi connectivity index (χ3v) is 2.41. The van der Waals surface area contributed by atoms with Gasteiger partial charge in [0, 0.05) is 6.07 Å². The van der Waals surface area contributed by atoms with Crippen LogP contribution in [0.3, 0.4) is 0 Å². The highest BCUT2D eigenvalue weighted by molar-refractivity contribution is 5.85. The quantitative estimate of drug-likeness (QED) is 0.501. The van der Waals surface area contributed by atoms with E-state index in [4.69, 9.17) is 27.7 Å². The van der Waals surface area contributed by atoms with Gasteiger partial charge < -0.3 is 27.7 Å². The lowest BCUT2D eigenvalue weighted by Crippen LogP contribution is -2.21. The van der Waals surface area contributed by atoms with Gasteiger partial charge in [-0.1, -0.05) is 6.07 Å². The maximum atomic E-state index is 5.70. The van der Waals surface area contributed by atoms with Crippen LogP contribution in [0.15, 0.2) is 58.5 Å². The van der Waals surface area contributed by atoms with Gasteiger partial charge in [0.2, 0.25) is 0 Å². The van der Waals surface area contributed by atoms with Crippen molar-refractivity contribution < 1.29 is 4.74 Å². The second-order valence-corrected chi connectivity index (χ2v) is 4.17. The van der Waals surface area contributed by atoms with E-state index in [9.17, 15) is 0 Å². The summed E-state index contributed by atoms with van der Waals surface area (Å²) in [5, 5.41) is 0. The van der Waals surface area contributed by atoms with Crippen LogP contribution in [-0.2, 0) is 0 Å². The van der Waals surface area contributed by atoms with Crippen molar-refractivity contribution in [2.75, 3.05) is 0 Å². The van der Waals surface area contributed by atoms with Gasteiger partial charge in [-0.2, -0.15) is 0 Å². The zero-order valence-corrected chi connectivity index (χ0v) is 12.5. The second kappa shape index (κ2) is 7.75. The van der Waals surface area contributed by atoms with Crippen LogP contribution in [0.5, 0.6) is 11.5 Å². The van der Waals surface area contributed by atoms with Gasteiger partial charge in [-0.15, -0.1) is 12.4 Å². The zero-order valence-electron chi connectivity index (χ0n) is 11.6. The standard InChI is InChI=1S/C14H16N6O.ClH/c15-13(16)19-9-4-6-11(7-5-9)21-12-3-1-2-10(8-12)20-14(17)18;/h1-8H,(H4,15,16,19)(H4,17,18,20);1H. The average Bonchev–Trinajstić information content (AvgIpc) is 2.40. The van der Waals surface area contributed by atoms with Crippen LogP contribution in [0.25, 0.3) is 0 Å². The van der Waals surface area contributed by atoms with E-state index in [0.717, 1.165) is 0 Å². The molecule has 0 aliphatic heterocycles. The molecule has 0 spiro atoms. The molecular weight excluding hydrogens is 304 g/mol. The summed E-state index contributed by atoms with van der Waals surface area (Å²) in [6.45, 7) is 0. The lowest BCUT2D eigenvalue weighted by Gasteiger charge is -2.06. The number of rotatable bonds is 4. The van der Waals surface area contributed by atoms with Crippen LogP contribution < -0.4 is 27.7 Å². The molecule has 116 valence electrons. The number of ether oxygens (including phenoxy) is 1. The molecule has 2 rings (SSSR count). The minimum Gasteiger partial charge on any atom is -0.457 e. The van der Waals surface area contributed by atoms with Crippen molar-refractivity contribution >= 4 is 35.7 Å². The second-order valence-electron chi connectivity index (χ2n) is 4.17. The van der Waals surface area contributed by atoms with Gasteiger partial charge >= 0.3 is 0 Å². The lowest BCUT2D eigenvalue weighted by atomic mass is 10.3. The molecule has 0 fully saturated rings. The number of nitrogens with zero attached hydrogens (tertiary/aromatic N) is 2. The van der Waals surface area contributed by atoms with Crippen LogP contribution in [0, 0.1) is 0 Å². The van der Waals surface area contributed by atoms with Crippen LogP contribution >= 0.6 is 12.4 Å². The Morgan fingerprint density at radius 3 is 1.91 bits per heavy atom. The van der Waals surface area contributed by atoms with Crippen molar-refractivity contribution in [3.8, 4) is 11.5 Å². The molecule has 0 radical (unpaired) electrons. The Hall–Kier alpha value is -2.93. The number of hydrogen-bond donors (Lipinski definition) is 4.